The van der Waals surface area contributed by atoms with E-state index in [1.165, 1.54) is 0 Å². The Morgan fingerprint density at radius 2 is 2.09 bits per heavy atom. The molecule has 0 atom stereocenters. The van der Waals surface area contributed by atoms with E-state index >= 15 is 0 Å². The van der Waals surface area contributed by atoms with Crippen LogP contribution in [0.3, 0.4) is 0 Å². The molecule has 0 aromatic carbocycles. The Labute approximate surface area is 75.5 Å². The van der Waals surface area contributed by atoms with E-state index in [9.17, 15) is 0 Å². The summed E-state index contributed by atoms with van der Waals surface area (Å²) >= 11 is 11.4. The molecular formula is C7H8Cl2N2. The molecule has 4 heteroatoms. The number of halogens is 2. The molecule has 1 aromatic heterocycles. The van der Waals surface area contributed by atoms with E-state index in [0.29, 0.717) is 10.3 Å². The lowest BCUT2D eigenvalue weighted by Gasteiger charge is -2.05. The average molecular weight is 191 g/mol. The van der Waals surface area contributed by atoms with Crippen LogP contribution in [-0.2, 0) is 0 Å². The summed E-state index contributed by atoms with van der Waals surface area (Å²) in [5, 5.41) is 3.82. The van der Waals surface area contributed by atoms with Crippen LogP contribution in [0.1, 0.15) is 5.56 Å². The molecule has 0 fully saturated rings. The molecule has 0 unspecified atom stereocenters. The molecule has 0 bridgehead atoms. The largest absolute Gasteiger partial charge is 0.388 e. The smallest absolute Gasteiger partial charge is 0.135 e. The maximum Gasteiger partial charge on any atom is 0.135 e. The van der Waals surface area contributed by atoms with Crippen LogP contribution in [0.25, 0.3) is 0 Å². The van der Waals surface area contributed by atoms with Gasteiger partial charge in [-0.1, -0.05) is 23.2 Å². The van der Waals surface area contributed by atoms with Crippen LogP contribution in [-0.4, -0.2) is 12.0 Å². The molecular weight excluding hydrogens is 183 g/mol. The van der Waals surface area contributed by atoms with Crippen LogP contribution in [0.15, 0.2) is 6.07 Å². The van der Waals surface area contributed by atoms with E-state index in [0.717, 1.165) is 11.3 Å². The van der Waals surface area contributed by atoms with Gasteiger partial charge in [-0.25, -0.2) is 4.98 Å². The molecule has 1 N–H and O–H groups in total. The lowest BCUT2D eigenvalue weighted by molar-refractivity contribution is 1.26. The first-order valence-electron chi connectivity index (χ1n) is 3.15. The lowest BCUT2D eigenvalue weighted by Crippen LogP contribution is -1.93. The number of rotatable bonds is 1. The second kappa shape index (κ2) is 3.28. The van der Waals surface area contributed by atoms with Crippen LogP contribution in [0, 0.1) is 6.92 Å². The predicted octanol–water partition coefficient (Wildman–Crippen LogP) is 2.74. The van der Waals surface area contributed by atoms with E-state index in [-0.39, 0.29) is 0 Å². The van der Waals surface area contributed by atoms with Gasteiger partial charge in [-0.15, -0.1) is 0 Å². The van der Waals surface area contributed by atoms with Gasteiger partial charge in [-0.3, -0.25) is 0 Å². The zero-order chi connectivity index (χ0) is 8.43. The minimum atomic E-state index is 0.407. The van der Waals surface area contributed by atoms with Crippen LogP contribution in [0.2, 0.25) is 10.3 Å². The van der Waals surface area contributed by atoms with E-state index < -0.39 is 0 Å². The van der Waals surface area contributed by atoms with Gasteiger partial charge in [0.25, 0.3) is 0 Å². The third-order valence-corrected chi connectivity index (χ3v) is 2.01. The normalized spacial score (nSPS) is 9.82. The van der Waals surface area contributed by atoms with Crippen molar-refractivity contribution in [2.75, 3.05) is 12.4 Å². The van der Waals surface area contributed by atoms with Gasteiger partial charge >= 0.3 is 0 Å². The first-order valence-corrected chi connectivity index (χ1v) is 3.91. The van der Waals surface area contributed by atoms with Crippen molar-refractivity contribution in [1.82, 2.24) is 4.98 Å². The fourth-order valence-electron chi connectivity index (χ4n) is 0.808. The SMILES string of the molecule is CNc1cc(Cl)nc(Cl)c1C. The highest BCUT2D eigenvalue weighted by molar-refractivity contribution is 6.33. The number of nitrogens with one attached hydrogen (secondary N) is 1. The van der Waals surface area contributed by atoms with E-state index in [1.807, 2.05) is 14.0 Å². The number of hydrogen-bond donors (Lipinski definition) is 1. The van der Waals surface area contributed by atoms with Gasteiger partial charge in [0.15, 0.2) is 0 Å². The summed E-state index contributed by atoms with van der Waals surface area (Å²) in [6.07, 6.45) is 0. The minimum absolute atomic E-state index is 0.407. The Balaban J connectivity index is 3.24. The molecule has 0 amide bonds. The van der Waals surface area contributed by atoms with Crippen molar-refractivity contribution in [3.05, 3.63) is 21.9 Å². The topological polar surface area (TPSA) is 24.9 Å². The molecule has 2 nitrogen and oxygen atoms in total. The molecule has 1 aromatic rings. The van der Waals surface area contributed by atoms with E-state index in [1.54, 1.807) is 6.07 Å². The van der Waals surface area contributed by atoms with Gasteiger partial charge in [0.05, 0.1) is 0 Å². The summed E-state index contributed by atoms with van der Waals surface area (Å²) in [4.78, 5) is 3.87. The van der Waals surface area contributed by atoms with Crippen molar-refractivity contribution in [1.29, 1.82) is 0 Å². The molecule has 0 spiro atoms. The van der Waals surface area contributed by atoms with Crippen molar-refractivity contribution in [2.24, 2.45) is 0 Å². The van der Waals surface area contributed by atoms with Gasteiger partial charge < -0.3 is 5.32 Å². The van der Waals surface area contributed by atoms with Crippen molar-refractivity contribution < 1.29 is 0 Å². The molecule has 0 saturated heterocycles. The maximum atomic E-state index is 5.76. The Morgan fingerprint density at radius 3 is 2.64 bits per heavy atom. The second-order valence-electron chi connectivity index (χ2n) is 2.16. The summed E-state index contributed by atoms with van der Waals surface area (Å²) in [5.41, 5.74) is 1.83. The number of anilines is 1. The number of hydrogen-bond acceptors (Lipinski definition) is 2. The Kier molecular flexibility index (Phi) is 2.58. The minimum Gasteiger partial charge on any atom is -0.388 e. The van der Waals surface area contributed by atoms with Crippen LogP contribution < -0.4 is 5.32 Å². The number of aromatic nitrogens is 1. The van der Waals surface area contributed by atoms with Gasteiger partial charge in [-0.2, -0.15) is 0 Å². The highest BCUT2D eigenvalue weighted by Gasteiger charge is 2.03. The predicted molar refractivity (Wildman–Crippen MR) is 48.5 cm³/mol. The summed E-state index contributed by atoms with van der Waals surface area (Å²) in [5.74, 6) is 0. The van der Waals surface area contributed by atoms with Gasteiger partial charge in [0, 0.05) is 18.3 Å². The molecule has 1 heterocycles. The summed E-state index contributed by atoms with van der Waals surface area (Å²) < 4.78 is 0. The zero-order valence-electron chi connectivity index (χ0n) is 6.28. The van der Waals surface area contributed by atoms with Crippen LogP contribution in [0.5, 0.6) is 0 Å². The Morgan fingerprint density at radius 1 is 1.45 bits per heavy atom. The average Bonchev–Trinajstić information content (AvgIpc) is 1.96. The molecule has 60 valence electrons. The van der Waals surface area contributed by atoms with Crippen LogP contribution in [0.4, 0.5) is 5.69 Å². The second-order valence-corrected chi connectivity index (χ2v) is 2.90. The Hall–Kier alpha value is -0.470. The number of pyridine rings is 1. The van der Waals surface area contributed by atoms with Gasteiger partial charge in [-0.05, 0) is 13.0 Å². The first kappa shape index (κ1) is 8.62. The maximum absolute atomic E-state index is 5.76. The monoisotopic (exact) mass is 190 g/mol. The molecule has 0 aliphatic rings. The van der Waals surface area contributed by atoms with Gasteiger partial charge in [0.2, 0.25) is 0 Å². The third kappa shape index (κ3) is 1.76. The van der Waals surface area contributed by atoms with Crippen molar-refractivity contribution >= 4 is 28.9 Å². The molecule has 0 aliphatic carbocycles. The number of nitrogens with zero attached hydrogens (tertiary/aromatic N) is 1. The highest BCUT2D eigenvalue weighted by atomic mass is 35.5. The lowest BCUT2D eigenvalue weighted by atomic mass is 10.2. The quantitative estimate of drug-likeness (QED) is 0.690. The van der Waals surface area contributed by atoms with Crippen molar-refractivity contribution in [3.8, 4) is 0 Å². The summed E-state index contributed by atoms with van der Waals surface area (Å²) in [6.45, 7) is 1.89. The molecule has 0 aliphatic heterocycles. The summed E-state index contributed by atoms with van der Waals surface area (Å²) in [7, 11) is 1.81. The van der Waals surface area contributed by atoms with Crippen molar-refractivity contribution in [2.45, 2.75) is 6.92 Å². The fourth-order valence-corrected chi connectivity index (χ4v) is 1.24. The van der Waals surface area contributed by atoms with E-state index in [4.69, 9.17) is 23.2 Å². The fraction of sp³-hybridized carbons (Fsp3) is 0.286. The molecule has 0 saturated carbocycles. The zero-order valence-corrected chi connectivity index (χ0v) is 7.79. The molecule has 0 radical (unpaired) electrons. The standard InChI is InChI=1S/C7H8Cl2N2/c1-4-5(10-2)3-6(8)11-7(4)9/h3H,1-2H3,(H,10,11). The first-order chi connectivity index (χ1) is 5.15. The highest BCUT2D eigenvalue weighted by Crippen LogP contribution is 2.24. The molecule has 1 rings (SSSR count). The Bertz CT molecular complexity index is 273. The van der Waals surface area contributed by atoms with Crippen LogP contribution >= 0.6 is 23.2 Å². The molecule has 11 heavy (non-hydrogen) atoms. The van der Waals surface area contributed by atoms with Gasteiger partial charge in [0.1, 0.15) is 10.3 Å². The summed E-state index contributed by atoms with van der Waals surface area (Å²) in [6, 6.07) is 1.74. The van der Waals surface area contributed by atoms with E-state index in [2.05, 4.69) is 10.3 Å². The van der Waals surface area contributed by atoms with Crippen molar-refractivity contribution in [3.63, 3.8) is 0 Å². The third-order valence-electron chi connectivity index (χ3n) is 1.45.